The molecule has 2 rings (SSSR count). The van der Waals surface area contributed by atoms with Crippen molar-refractivity contribution in [2.24, 2.45) is 10.9 Å². The molecular formula is C17H28N4O3S. The average Bonchev–Trinajstić information content (AvgIpc) is 3.08. The van der Waals surface area contributed by atoms with Crippen LogP contribution in [0.3, 0.4) is 0 Å². The molecule has 0 aliphatic carbocycles. The highest BCUT2D eigenvalue weighted by Gasteiger charge is 2.28. The first-order chi connectivity index (χ1) is 11.9. The Morgan fingerprint density at radius 3 is 2.64 bits per heavy atom. The lowest BCUT2D eigenvalue weighted by atomic mass is 10.0. The van der Waals surface area contributed by atoms with Gasteiger partial charge in [0, 0.05) is 39.1 Å². The first kappa shape index (κ1) is 19.7. The molecule has 0 amide bonds. The van der Waals surface area contributed by atoms with Crippen LogP contribution in [0.2, 0.25) is 0 Å². The molecule has 1 saturated heterocycles. The van der Waals surface area contributed by atoms with E-state index in [-0.39, 0.29) is 18.4 Å². The lowest BCUT2D eigenvalue weighted by Crippen LogP contribution is -2.42. The van der Waals surface area contributed by atoms with Gasteiger partial charge in [0.2, 0.25) is 10.0 Å². The van der Waals surface area contributed by atoms with Crippen LogP contribution in [0.15, 0.2) is 35.3 Å². The molecule has 7 nitrogen and oxygen atoms in total. The van der Waals surface area contributed by atoms with E-state index in [9.17, 15) is 13.5 Å². The summed E-state index contributed by atoms with van der Waals surface area (Å²) in [7, 11) is -1.41. The summed E-state index contributed by atoms with van der Waals surface area (Å²) < 4.78 is 24.6. The van der Waals surface area contributed by atoms with Gasteiger partial charge in [0.1, 0.15) is 0 Å². The highest BCUT2D eigenvalue weighted by molar-refractivity contribution is 7.88. The number of aliphatic hydroxyl groups excluding tert-OH is 1. The Balaban J connectivity index is 1.79. The minimum atomic E-state index is -3.10. The molecule has 0 saturated carbocycles. The Labute approximate surface area is 150 Å². The van der Waals surface area contributed by atoms with E-state index in [1.165, 1.54) is 10.6 Å². The molecule has 3 N–H and O–H groups in total. The third-order valence-electron chi connectivity index (χ3n) is 4.51. The molecule has 140 valence electrons. The Bertz CT molecular complexity index is 664. The lowest BCUT2D eigenvalue weighted by Gasteiger charge is -2.19. The van der Waals surface area contributed by atoms with E-state index < -0.39 is 10.0 Å². The molecule has 0 aromatic heterocycles. The van der Waals surface area contributed by atoms with E-state index in [0.717, 1.165) is 12.0 Å². The first-order valence-corrected chi connectivity index (χ1v) is 10.3. The zero-order valence-corrected chi connectivity index (χ0v) is 15.7. The molecule has 25 heavy (non-hydrogen) atoms. The van der Waals surface area contributed by atoms with Crippen molar-refractivity contribution in [3.05, 3.63) is 35.9 Å². The zero-order valence-electron chi connectivity index (χ0n) is 14.9. The topological polar surface area (TPSA) is 94.0 Å². The van der Waals surface area contributed by atoms with Crippen molar-refractivity contribution in [1.29, 1.82) is 0 Å². The third-order valence-corrected chi connectivity index (χ3v) is 5.78. The highest BCUT2D eigenvalue weighted by Crippen LogP contribution is 2.18. The van der Waals surface area contributed by atoms with Gasteiger partial charge in [0.15, 0.2) is 5.96 Å². The van der Waals surface area contributed by atoms with Crippen LogP contribution in [0, 0.1) is 5.92 Å². The molecule has 1 aromatic carbocycles. The van der Waals surface area contributed by atoms with Crippen molar-refractivity contribution in [3.63, 3.8) is 0 Å². The second-order valence-corrected chi connectivity index (χ2v) is 8.38. The molecule has 8 heteroatoms. The van der Waals surface area contributed by atoms with Crippen molar-refractivity contribution in [2.45, 2.75) is 12.3 Å². The predicted octanol–water partition coefficient (Wildman–Crippen LogP) is 0.209. The predicted molar refractivity (Wildman–Crippen MR) is 100 cm³/mol. The average molecular weight is 369 g/mol. The van der Waals surface area contributed by atoms with Crippen molar-refractivity contribution < 1.29 is 13.5 Å². The molecule has 0 radical (unpaired) electrons. The summed E-state index contributed by atoms with van der Waals surface area (Å²) in [6.07, 6.45) is 2.10. The summed E-state index contributed by atoms with van der Waals surface area (Å²) in [6, 6.07) is 9.86. The maximum absolute atomic E-state index is 11.6. The molecule has 1 fully saturated rings. The summed E-state index contributed by atoms with van der Waals surface area (Å²) in [5.74, 6) is 0.926. The number of rotatable bonds is 7. The van der Waals surface area contributed by atoms with Gasteiger partial charge in [-0.2, -0.15) is 0 Å². The van der Waals surface area contributed by atoms with Crippen LogP contribution in [0.25, 0.3) is 0 Å². The maximum atomic E-state index is 11.6. The van der Waals surface area contributed by atoms with E-state index in [4.69, 9.17) is 0 Å². The Hall–Kier alpha value is -1.64. The van der Waals surface area contributed by atoms with Crippen molar-refractivity contribution >= 4 is 16.0 Å². The van der Waals surface area contributed by atoms with Crippen molar-refractivity contribution in [2.75, 3.05) is 46.1 Å². The van der Waals surface area contributed by atoms with Gasteiger partial charge in [0.25, 0.3) is 0 Å². The van der Waals surface area contributed by atoms with Gasteiger partial charge in [-0.1, -0.05) is 30.3 Å². The minimum Gasteiger partial charge on any atom is -0.396 e. The zero-order chi connectivity index (χ0) is 18.3. The first-order valence-electron chi connectivity index (χ1n) is 8.49. The van der Waals surface area contributed by atoms with E-state index in [1.807, 2.05) is 30.3 Å². The van der Waals surface area contributed by atoms with E-state index in [2.05, 4.69) is 15.6 Å². The second kappa shape index (κ2) is 9.17. The SMILES string of the molecule is CN=C(NCC1CCN(S(C)(=O)=O)C1)NCC(CO)c1ccccc1. The van der Waals surface area contributed by atoms with Crippen molar-refractivity contribution in [1.82, 2.24) is 14.9 Å². The Kier molecular flexibility index (Phi) is 7.22. The fourth-order valence-corrected chi connectivity index (χ4v) is 3.88. The summed E-state index contributed by atoms with van der Waals surface area (Å²) in [5, 5.41) is 16.1. The van der Waals surface area contributed by atoms with Crippen LogP contribution in [0.4, 0.5) is 0 Å². The second-order valence-electron chi connectivity index (χ2n) is 6.40. The number of hydrogen-bond donors (Lipinski definition) is 3. The van der Waals surface area contributed by atoms with Gasteiger partial charge in [-0.05, 0) is 17.9 Å². The number of aliphatic hydroxyl groups is 1. The van der Waals surface area contributed by atoms with Gasteiger partial charge in [0.05, 0.1) is 12.9 Å². The van der Waals surface area contributed by atoms with Crippen molar-refractivity contribution in [3.8, 4) is 0 Å². The van der Waals surface area contributed by atoms with Crippen LogP contribution in [0.1, 0.15) is 17.9 Å². The number of aliphatic imine (C=N–C) groups is 1. The van der Waals surface area contributed by atoms with E-state index >= 15 is 0 Å². The van der Waals surface area contributed by atoms with Crippen LogP contribution in [-0.4, -0.2) is 69.9 Å². The number of sulfonamides is 1. The van der Waals surface area contributed by atoms with E-state index in [0.29, 0.717) is 32.1 Å². The lowest BCUT2D eigenvalue weighted by molar-refractivity contribution is 0.265. The molecule has 0 bridgehead atoms. The monoisotopic (exact) mass is 368 g/mol. The van der Waals surface area contributed by atoms with Crippen LogP contribution < -0.4 is 10.6 Å². The van der Waals surface area contributed by atoms with E-state index in [1.54, 1.807) is 7.05 Å². The van der Waals surface area contributed by atoms with Gasteiger partial charge >= 0.3 is 0 Å². The number of guanidine groups is 1. The van der Waals surface area contributed by atoms with Crippen LogP contribution >= 0.6 is 0 Å². The molecule has 1 aliphatic heterocycles. The van der Waals surface area contributed by atoms with Gasteiger partial charge in [-0.3, -0.25) is 4.99 Å². The fourth-order valence-electron chi connectivity index (χ4n) is 2.96. The molecule has 2 unspecified atom stereocenters. The summed E-state index contributed by atoms with van der Waals surface area (Å²) in [5.41, 5.74) is 1.08. The van der Waals surface area contributed by atoms with Gasteiger partial charge in [-0.15, -0.1) is 0 Å². The van der Waals surface area contributed by atoms with Gasteiger partial charge < -0.3 is 15.7 Å². The molecule has 0 spiro atoms. The molecular weight excluding hydrogens is 340 g/mol. The number of hydrogen-bond acceptors (Lipinski definition) is 4. The van der Waals surface area contributed by atoms with Gasteiger partial charge in [-0.25, -0.2) is 12.7 Å². The summed E-state index contributed by atoms with van der Waals surface area (Å²) in [4.78, 5) is 4.20. The fraction of sp³-hybridized carbons (Fsp3) is 0.588. The summed E-state index contributed by atoms with van der Waals surface area (Å²) >= 11 is 0. The highest BCUT2D eigenvalue weighted by atomic mass is 32.2. The molecule has 1 aliphatic rings. The normalized spacial score (nSPS) is 20.4. The maximum Gasteiger partial charge on any atom is 0.211 e. The van der Waals surface area contributed by atoms with Crippen LogP contribution in [-0.2, 0) is 10.0 Å². The Morgan fingerprint density at radius 1 is 1.36 bits per heavy atom. The number of nitrogens with one attached hydrogen (secondary N) is 2. The minimum absolute atomic E-state index is 0.00745. The smallest absolute Gasteiger partial charge is 0.211 e. The number of benzene rings is 1. The molecule has 1 heterocycles. The standard InChI is InChI=1S/C17H28N4O3S/c1-18-17(19-10-14-8-9-21(12-14)25(2,23)24)20-11-16(13-22)15-6-4-3-5-7-15/h3-7,14,16,22H,8-13H2,1-2H3,(H2,18,19,20). The third kappa shape index (κ3) is 5.98. The quantitative estimate of drug-likeness (QED) is 0.472. The molecule has 2 atom stereocenters. The van der Waals surface area contributed by atoms with Crippen LogP contribution in [0.5, 0.6) is 0 Å². The Morgan fingerprint density at radius 2 is 2.08 bits per heavy atom. The largest absolute Gasteiger partial charge is 0.396 e. The molecule has 1 aromatic rings. The summed E-state index contributed by atoms with van der Waals surface area (Å²) in [6.45, 7) is 2.42. The number of nitrogens with zero attached hydrogens (tertiary/aromatic N) is 2.